The largest absolute Gasteiger partial charge is 0.438 e. The summed E-state index contributed by atoms with van der Waals surface area (Å²) in [6.45, 7) is 7.89. The summed E-state index contributed by atoms with van der Waals surface area (Å²) in [5.74, 6) is 1.15. The van der Waals surface area contributed by atoms with E-state index in [1.54, 1.807) is 6.07 Å². The summed E-state index contributed by atoms with van der Waals surface area (Å²) in [6.07, 6.45) is -0.757. The molecule has 0 bridgehead atoms. The van der Waals surface area contributed by atoms with E-state index in [1.165, 1.54) is 12.1 Å². The first kappa shape index (κ1) is 24.7. The van der Waals surface area contributed by atoms with Crippen molar-refractivity contribution >= 4 is 41.7 Å². The summed E-state index contributed by atoms with van der Waals surface area (Å²) in [5.41, 5.74) is 0.518. The molecule has 4 aromatic rings. The van der Waals surface area contributed by atoms with Crippen molar-refractivity contribution in [2.45, 2.75) is 38.8 Å². The molecule has 0 radical (unpaired) electrons. The van der Waals surface area contributed by atoms with Crippen molar-refractivity contribution in [3.63, 3.8) is 0 Å². The third-order valence-corrected chi connectivity index (χ3v) is 7.57. The average molecular weight is 594 g/mol. The number of hydrogen-bond donors (Lipinski definition) is 0. The molecule has 0 N–H and O–H groups in total. The quantitative estimate of drug-likeness (QED) is 0.117. The lowest BCUT2D eigenvalue weighted by atomic mass is 10.3. The van der Waals surface area contributed by atoms with E-state index in [9.17, 15) is 8.78 Å². The molecule has 10 heteroatoms. The number of benzene rings is 1. The van der Waals surface area contributed by atoms with Gasteiger partial charge >= 0.3 is 0 Å². The van der Waals surface area contributed by atoms with Gasteiger partial charge in [-0.15, -0.1) is 0 Å². The Kier molecular flexibility index (Phi) is 7.58. The zero-order chi connectivity index (χ0) is 24.3. The maximum Gasteiger partial charge on any atom is 0.280 e. The van der Waals surface area contributed by atoms with Crippen LogP contribution in [0.15, 0.2) is 54.7 Å². The minimum Gasteiger partial charge on any atom is -0.438 e. The molecular weight excluding hydrogens is 569 g/mol. The van der Waals surface area contributed by atoms with Gasteiger partial charge in [0.25, 0.3) is 6.43 Å². The average Bonchev–Trinajstić information content (AvgIpc) is 3.12. The predicted octanol–water partition coefficient (Wildman–Crippen LogP) is 7.14. The number of ether oxygens (including phenoxy) is 2. The molecule has 4 rings (SSSR count). The van der Waals surface area contributed by atoms with E-state index in [2.05, 4.69) is 57.2 Å². The van der Waals surface area contributed by atoms with Crippen LogP contribution in [0.4, 0.5) is 8.78 Å². The number of nitrogens with zero attached hydrogens (tertiary/aromatic N) is 4. The van der Waals surface area contributed by atoms with Crippen LogP contribution in [0, 0.1) is 3.57 Å². The summed E-state index contributed by atoms with van der Waals surface area (Å²) in [7, 11) is -1.21. The minimum absolute atomic E-state index is 0.207. The van der Waals surface area contributed by atoms with Gasteiger partial charge in [0.15, 0.2) is 11.5 Å². The second-order valence-electron chi connectivity index (χ2n) is 9.01. The Morgan fingerprint density at radius 2 is 1.76 bits per heavy atom. The molecule has 6 nitrogen and oxygen atoms in total. The molecule has 0 aliphatic heterocycles. The van der Waals surface area contributed by atoms with Crippen LogP contribution in [0.5, 0.6) is 11.6 Å². The zero-order valence-electron chi connectivity index (χ0n) is 19.1. The third kappa shape index (κ3) is 5.97. The number of halogens is 3. The van der Waals surface area contributed by atoms with Crippen LogP contribution in [0.3, 0.4) is 0 Å². The van der Waals surface area contributed by atoms with Crippen LogP contribution in [0.2, 0.25) is 25.7 Å². The van der Waals surface area contributed by atoms with Gasteiger partial charge in [-0.2, -0.15) is 4.98 Å². The van der Waals surface area contributed by atoms with Crippen molar-refractivity contribution in [3.05, 3.63) is 64.0 Å². The van der Waals surface area contributed by atoms with Gasteiger partial charge in [-0.05, 0) is 52.9 Å². The molecule has 178 valence electrons. The number of para-hydroxylation sites is 1. The summed E-state index contributed by atoms with van der Waals surface area (Å²) >= 11 is 2.22. The molecule has 0 unspecified atom stereocenters. The Labute approximate surface area is 211 Å². The van der Waals surface area contributed by atoms with Gasteiger partial charge in [0.2, 0.25) is 5.88 Å². The second kappa shape index (κ2) is 10.4. The van der Waals surface area contributed by atoms with Crippen LogP contribution in [0.25, 0.3) is 22.6 Å². The molecule has 0 atom stereocenters. The van der Waals surface area contributed by atoms with Gasteiger partial charge in [-0.1, -0.05) is 43.9 Å². The lowest BCUT2D eigenvalue weighted by Gasteiger charge is -2.15. The van der Waals surface area contributed by atoms with Crippen molar-refractivity contribution in [1.82, 2.24) is 19.5 Å². The smallest absolute Gasteiger partial charge is 0.280 e. The van der Waals surface area contributed by atoms with Crippen LogP contribution in [-0.2, 0) is 11.5 Å². The van der Waals surface area contributed by atoms with Crippen LogP contribution in [-0.4, -0.2) is 34.2 Å². The lowest BCUT2D eigenvalue weighted by Crippen LogP contribution is -2.22. The molecule has 3 heterocycles. The van der Waals surface area contributed by atoms with E-state index in [4.69, 9.17) is 9.47 Å². The van der Waals surface area contributed by atoms with Gasteiger partial charge in [0.1, 0.15) is 23.9 Å². The molecule has 0 fully saturated rings. The first-order valence-corrected chi connectivity index (χ1v) is 15.6. The molecule has 0 spiro atoms. The normalized spacial score (nSPS) is 12.0. The highest BCUT2D eigenvalue weighted by Crippen LogP contribution is 2.34. The molecular formula is C24H25F2IN4O2Si. The molecule has 0 amide bonds. The van der Waals surface area contributed by atoms with Crippen LogP contribution < -0.4 is 4.74 Å². The first-order chi connectivity index (χ1) is 16.2. The van der Waals surface area contributed by atoms with Crippen LogP contribution >= 0.6 is 22.6 Å². The predicted molar refractivity (Wildman–Crippen MR) is 139 cm³/mol. The number of alkyl halides is 2. The summed E-state index contributed by atoms with van der Waals surface area (Å²) in [4.78, 5) is 13.3. The van der Waals surface area contributed by atoms with Crippen molar-refractivity contribution < 1.29 is 18.3 Å². The fourth-order valence-corrected chi connectivity index (χ4v) is 4.80. The fraction of sp³-hybridized carbons (Fsp3) is 0.292. The van der Waals surface area contributed by atoms with Crippen molar-refractivity contribution in [1.29, 1.82) is 0 Å². The van der Waals surface area contributed by atoms with Gasteiger partial charge in [-0.25, -0.2) is 18.7 Å². The highest BCUT2D eigenvalue weighted by atomic mass is 127. The maximum atomic E-state index is 13.3. The molecule has 0 saturated heterocycles. The molecule has 1 aromatic carbocycles. The molecule has 3 aromatic heterocycles. The molecule has 0 aliphatic carbocycles. The standard InChI is InChI=1S/C24H25F2IN4O2Si/c1-34(2,3)13-12-32-15-31-14-17(27)20-23(31)29-22(19-11-7-10-18(28-19)21(25)26)30-24(20)33-16-8-5-4-6-9-16/h4-11,14,21H,12-13,15H2,1-3H3. The fourth-order valence-electron chi connectivity index (χ4n) is 3.23. The van der Waals surface area contributed by atoms with E-state index >= 15 is 0 Å². The van der Waals surface area contributed by atoms with E-state index in [-0.39, 0.29) is 17.2 Å². The third-order valence-electron chi connectivity index (χ3n) is 5.04. The Balaban J connectivity index is 1.77. The molecule has 0 saturated carbocycles. The van der Waals surface area contributed by atoms with Crippen molar-refractivity contribution in [3.8, 4) is 23.1 Å². The van der Waals surface area contributed by atoms with Crippen molar-refractivity contribution in [2.75, 3.05) is 6.61 Å². The Bertz CT molecular complexity index is 1280. The number of pyridine rings is 1. The minimum atomic E-state index is -2.69. The Hall–Kier alpha value is -2.44. The number of fused-ring (bicyclic) bond motifs is 1. The lowest BCUT2D eigenvalue weighted by molar-refractivity contribution is 0.0898. The summed E-state index contributed by atoms with van der Waals surface area (Å²) in [6, 6.07) is 14.8. The van der Waals surface area contributed by atoms with Gasteiger partial charge < -0.3 is 14.0 Å². The highest BCUT2D eigenvalue weighted by Gasteiger charge is 2.20. The summed E-state index contributed by atoms with van der Waals surface area (Å²) in [5, 5.41) is 0.729. The molecule has 34 heavy (non-hydrogen) atoms. The van der Waals surface area contributed by atoms with Gasteiger partial charge in [0, 0.05) is 24.4 Å². The zero-order valence-corrected chi connectivity index (χ0v) is 22.3. The van der Waals surface area contributed by atoms with E-state index < -0.39 is 14.5 Å². The Morgan fingerprint density at radius 3 is 2.47 bits per heavy atom. The van der Waals surface area contributed by atoms with E-state index in [0.29, 0.717) is 30.6 Å². The van der Waals surface area contributed by atoms with Crippen LogP contribution in [0.1, 0.15) is 12.1 Å². The maximum absolute atomic E-state index is 13.3. The molecule has 0 aliphatic rings. The van der Waals surface area contributed by atoms with Gasteiger partial charge in [-0.3, -0.25) is 0 Å². The number of aromatic nitrogens is 4. The monoisotopic (exact) mass is 594 g/mol. The SMILES string of the molecule is C[Si](C)(C)CCOCn1cc(I)c2c(Oc3ccccc3)nc(-c3cccc(C(F)F)n3)nc21. The first-order valence-electron chi connectivity index (χ1n) is 10.8. The highest BCUT2D eigenvalue weighted by molar-refractivity contribution is 14.1. The van der Waals surface area contributed by atoms with E-state index in [0.717, 1.165) is 15.0 Å². The van der Waals surface area contributed by atoms with Crippen molar-refractivity contribution in [2.24, 2.45) is 0 Å². The Morgan fingerprint density at radius 1 is 1.00 bits per heavy atom. The number of rotatable bonds is 9. The van der Waals surface area contributed by atoms with Gasteiger partial charge in [0.05, 0.1) is 5.39 Å². The van der Waals surface area contributed by atoms with E-state index in [1.807, 2.05) is 41.1 Å². The number of hydrogen-bond acceptors (Lipinski definition) is 5. The summed E-state index contributed by atoms with van der Waals surface area (Å²) < 4.78 is 41.4. The topological polar surface area (TPSA) is 62.1 Å². The second-order valence-corrected chi connectivity index (χ2v) is 15.8.